The van der Waals surface area contributed by atoms with Crippen LogP contribution in [-0.2, 0) is 14.3 Å². The Kier molecular flexibility index (Phi) is 6.15. The minimum absolute atomic E-state index is 0.165. The van der Waals surface area contributed by atoms with Crippen molar-refractivity contribution >= 4 is 18.0 Å². The molecule has 0 fully saturated rings. The maximum atomic E-state index is 11.4. The fraction of sp³-hybridized carbons (Fsp3) is 0.286. The molecule has 0 heterocycles. The van der Waals surface area contributed by atoms with E-state index in [4.69, 9.17) is 4.74 Å². The van der Waals surface area contributed by atoms with Gasteiger partial charge in [-0.1, -0.05) is 12.1 Å². The average Bonchev–Trinajstić information content (AvgIpc) is 2.45. The number of esters is 1. The zero-order valence-electron chi connectivity index (χ0n) is 11.0. The van der Waals surface area contributed by atoms with Gasteiger partial charge in [0.15, 0.2) is 0 Å². The summed E-state index contributed by atoms with van der Waals surface area (Å²) in [7, 11) is 2.91. The normalized spacial score (nSPS) is 10.2. The van der Waals surface area contributed by atoms with E-state index in [0.717, 1.165) is 11.3 Å². The molecule has 0 spiro atoms. The highest BCUT2D eigenvalue weighted by molar-refractivity contribution is 5.91. The molecular formula is C14H17NO4. The molecule has 0 bridgehead atoms. The molecule has 5 nitrogen and oxygen atoms in total. The highest BCUT2D eigenvalue weighted by Gasteiger charge is 2.00. The lowest BCUT2D eigenvalue weighted by Gasteiger charge is -2.01. The molecule has 0 saturated carbocycles. The van der Waals surface area contributed by atoms with Crippen molar-refractivity contribution in [2.75, 3.05) is 20.8 Å². The van der Waals surface area contributed by atoms with E-state index >= 15 is 0 Å². The van der Waals surface area contributed by atoms with Gasteiger partial charge in [-0.05, 0) is 23.8 Å². The van der Waals surface area contributed by atoms with Crippen LogP contribution in [0.25, 0.3) is 6.08 Å². The van der Waals surface area contributed by atoms with E-state index in [2.05, 4.69) is 10.1 Å². The van der Waals surface area contributed by atoms with Crippen molar-refractivity contribution in [3.8, 4) is 5.75 Å². The lowest BCUT2D eigenvalue weighted by molar-refractivity contribution is -0.140. The first-order chi connectivity index (χ1) is 9.15. The third-order valence-corrected chi connectivity index (χ3v) is 2.40. The molecule has 1 N–H and O–H groups in total. The van der Waals surface area contributed by atoms with Crippen molar-refractivity contribution in [3.63, 3.8) is 0 Å². The Morgan fingerprint density at radius 3 is 2.47 bits per heavy atom. The summed E-state index contributed by atoms with van der Waals surface area (Å²) >= 11 is 0. The summed E-state index contributed by atoms with van der Waals surface area (Å²) in [5.41, 5.74) is 0.893. The molecular weight excluding hydrogens is 246 g/mol. The van der Waals surface area contributed by atoms with Crippen LogP contribution in [-0.4, -0.2) is 32.6 Å². The summed E-state index contributed by atoms with van der Waals surface area (Å²) < 4.78 is 9.50. The zero-order valence-corrected chi connectivity index (χ0v) is 11.0. The average molecular weight is 263 g/mol. The fourth-order valence-corrected chi connectivity index (χ4v) is 1.34. The standard InChI is InChI=1S/C14H17NO4/c1-18-12-6-3-11(4-7-12)5-8-13(16)15-10-9-14(17)19-2/h3-8H,9-10H2,1-2H3,(H,15,16)/b8-5-. The lowest BCUT2D eigenvalue weighted by atomic mass is 10.2. The molecule has 0 radical (unpaired) electrons. The van der Waals surface area contributed by atoms with Crippen LogP contribution in [0.4, 0.5) is 0 Å². The number of hydrogen-bond donors (Lipinski definition) is 1. The SMILES string of the molecule is COC(=O)CCNC(=O)/C=C\c1ccc(OC)cc1. The highest BCUT2D eigenvalue weighted by Crippen LogP contribution is 2.12. The molecule has 5 heteroatoms. The Hall–Kier alpha value is -2.30. The quantitative estimate of drug-likeness (QED) is 0.622. The van der Waals surface area contributed by atoms with Crippen LogP contribution in [0.5, 0.6) is 5.75 Å². The Labute approximate surface area is 112 Å². The van der Waals surface area contributed by atoms with Gasteiger partial charge in [0, 0.05) is 12.6 Å². The number of benzene rings is 1. The molecule has 0 atom stereocenters. The summed E-state index contributed by atoms with van der Waals surface area (Å²) in [6, 6.07) is 7.32. The van der Waals surface area contributed by atoms with Gasteiger partial charge in [0.1, 0.15) is 5.75 Å². The van der Waals surface area contributed by atoms with Crippen LogP contribution in [0, 0.1) is 0 Å². The second-order valence-corrected chi connectivity index (χ2v) is 3.72. The van der Waals surface area contributed by atoms with E-state index in [1.165, 1.54) is 13.2 Å². The van der Waals surface area contributed by atoms with E-state index in [0.29, 0.717) is 0 Å². The number of methoxy groups -OCH3 is 2. The van der Waals surface area contributed by atoms with E-state index < -0.39 is 0 Å². The van der Waals surface area contributed by atoms with Gasteiger partial charge in [-0.15, -0.1) is 0 Å². The topological polar surface area (TPSA) is 64.6 Å². The van der Waals surface area contributed by atoms with E-state index in [9.17, 15) is 9.59 Å². The fourth-order valence-electron chi connectivity index (χ4n) is 1.34. The van der Waals surface area contributed by atoms with Crippen LogP contribution in [0.2, 0.25) is 0 Å². The maximum absolute atomic E-state index is 11.4. The predicted molar refractivity (Wildman–Crippen MR) is 71.7 cm³/mol. The van der Waals surface area contributed by atoms with Gasteiger partial charge in [0.2, 0.25) is 5.91 Å². The van der Waals surface area contributed by atoms with Crippen molar-refractivity contribution < 1.29 is 19.1 Å². The third kappa shape index (κ3) is 5.72. The molecule has 0 aliphatic rings. The summed E-state index contributed by atoms with van der Waals surface area (Å²) in [6.45, 7) is 0.262. The first-order valence-electron chi connectivity index (χ1n) is 5.82. The number of amides is 1. The Balaban J connectivity index is 2.38. The molecule has 0 unspecified atom stereocenters. The summed E-state index contributed by atoms with van der Waals surface area (Å²) in [6.07, 6.45) is 3.27. The van der Waals surface area contributed by atoms with Gasteiger partial charge < -0.3 is 14.8 Å². The number of nitrogens with one attached hydrogen (secondary N) is 1. The number of rotatable bonds is 6. The van der Waals surface area contributed by atoms with Gasteiger partial charge in [-0.2, -0.15) is 0 Å². The van der Waals surface area contributed by atoms with E-state index in [1.807, 2.05) is 24.3 Å². The van der Waals surface area contributed by atoms with E-state index in [-0.39, 0.29) is 24.8 Å². The molecule has 0 aliphatic heterocycles. The monoisotopic (exact) mass is 263 g/mol. The van der Waals surface area contributed by atoms with E-state index in [1.54, 1.807) is 13.2 Å². The van der Waals surface area contributed by atoms with Gasteiger partial charge in [-0.25, -0.2) is 0 Å². The van der Waals surface area contributed by atoms with Crippen LogP contribution in [0.15, 0.2) is 30.3 Å². The van der Waals surface area contributed by atoms with Crippen LogP contribution in [0.3, 0.4) is 0 Å². The number of carbonyl (C=O) groups is 2. The van der Waals surface area contributed by atoms with Crippen molar-refractivity contribution in [2.24, 2.45) is 0 Å². The number of ether oxygens (including phenoxy) is 2. The van der Waals surface area contributed by atoms with Crippen molar-refractivity contribution in [2.45, 2.75) is 6.42 Å². The molecule has 1 rings (SSSR count). The molecule has 0 saturated heterocycles. The van der Waals surface area contributed by atoms with Gasteiger partial charge in [0.25, 0.3) is 0 Å². The predicted octanol–water partition coefficient (Wildman–Crippen LogP) is 1.39. The van der Waals surface area contributed by atoms with Crippen LogP contribution < -0.4 is 10.1 Å². The van der Waals surface area contributed by atoms with Gasteiger partial charge in [-0.3, -0.25) is 9.59 Å². The van der Waals surface area contributed by atoms with Crippen molar-refractivity contribution in [1.29, 1.82) is 0 Å². The first kappa shape index (κ1) is 14.8. The van der Waals surface area contributed by atoms with Gasteiger partial charge >= 0.3 is 5.97 Å². The summed E-state index contributed by atoms with van der Waals surface area (Å²) in [4.78, 5) is 22.3. The zero-order chi connectivity index (χ0) is 14.1. The molecule has 0 aliphatic carbocycles. The summed E-state index contributed by atoms with van der Waals surface area (Å²) in [5.74, 6) is 0.166. The first-order valence-corrected chi connectivity index (χ1v) is 5.82. The number of hydrogen-bond acceptors (Lipinski definition) is 4. The second-order valence-electron chi connectivity index (χ2n) is 3.72. The van der Waals surface area contributed by atoms with Crippen molar-refractivity contribution in [1.82, 2.24) is 5.32 Å². The Bertz CT molecular complexity index is 451. The molecule has 1 amide bonds. The molecule has 1 aromatic carbocycles. The smallest absolute Gasteiger partial charge is 0.307 e. The minimum Gasteiger partial charge on any atom is -0.497 e. The molecule has 1 aromatic rings. The third-order valence-electron chi connectivity index (χ3n) is 2.40. The Morgan fingerprint density at radius 1 is 1.21 bits per heavy atom. The maximum Gasteiger partial charge on any atom is 0.307 e. The number of carbonyl (C=O) groups excluding carboxylic acids is 2. The minimum atomic E-state index is -0.348. The second kappa shape index (κ2) is 7.92. The lowest BCUT2D eigenvalue weighted by Crippen LogP contribution is -2.24. The van der Waals surface area contributed by atoms with Crippen LogP contribution in [0.1, 0.15) is 12.0 Å². The molecule has 102 valence electrons. The van der Waals surface area contributed by atoms with Gasteiger partial charge in [0.05, 0.1) is 20.6 Å². The van der Waals surface area contributed by atoms with Crippen LogP contribution >= 0.6 is 0 Å². The molecule has 19 heavy (non-hydrogen) atoms. The van der Waals surface area contributed by atoms with Crippen molar-refractivity contribution in [3.05, 3.63) is 35.9 Å². The largest absolute Gasteiger partial charge is 0.497 e. The molecule has 0 aromatic heterocycles. The highest BCUT2D eigenvalue weighted by atomic mass is 16.5. The summed E-state index contributed by atoms with van der Waals surface area (Å²) in [5, 5.41) is 2.59. The Morgan fingerprint density at radius 2 is 1.89 bits per heavy atom.